The van der Waals surface area contributed by atoms with Crippen molar-refractivity contribution in [3.63, 3.8) is 0 Å². The molecule has 0 heterocycles. The number of hydrogen-bond donors (Lipinski definition) is 0. The molecule has 2 nitrogen and oxygen atoms in total. The van der Waals surface area contributed by atoms with Crippen molar-refractivity contribution in [2.24, 2.45) is 5.41 Å². The number of esters is 1. The zero-order chi connectivity index (χ0) is 13.2. The Kier molecular flexibility index (Phi) is 3.83. The average molecular weight is 232 g/mol. The second-order valence-electron chi connectivity index (χ2n) is 4.87. The molecule has 0 aromatic heterocycles. The van der Waals surface area contributed by atoms with E-state index in [1.165, 1.54) is 22.3 Å². The van der Waals surface area contributed by atoms with Crippen LogP contribution in [0.15, 0.2) is 22.3 Å². The standard InChI is InChI=1S/C15H20O2/c1-7-8-14(16)17-9-15(6)12(4)10(2)11(3)13(15)5/h1H,8-9H2,2-6H3. The Balaban J connectivity index is 2.84. The van der Waals surface area contributed by atoms with E-state index < -0.39 is 0 Å². The average Bonchev–Trinajstić information content (AvgIpc) is 2.44. The lowest BCUT2D eigenvalue weighted by atomic mass is 9.80. The van der Waals surface area contributed by atoms with Gasteiger partial charge in [-0.2, -0.15) is 0 Å². The lowest BCUT2D eigenvalue weighted by Gasteiger charge is -2.28. The van der Waals surface area contributed by atoms with Gasteiger partial charge in [-0.3, -0.25) is 4.79 Å². The molecule has 0 N–H and O–H groups in total. The lowest BCUT2D eigenvalue weighted by molar-refractivity contribution is -0.144. The third kappa shape index (κ3) is 2.29. The number of carbonyl (C=O) groups is 1. The summed E-state index contributed by atoms with van der Waals surface area (Å²) in [5.41, 5.74) is 5.00. The van der Waals surface area contributed by atoms with E-state index in [0.717, 1.165) is 0 Å². The summed E-state index contributed by atoms with van der Waals surface area (Å²) in [5.74, 6) is 1.97. The van der Waals surface area contributed by atoms with Gasteiger partial charge < -0.3 is 4.74 Å². The van der Waals surface area contributed by atoms with Crippen molar-refractivity contribution in [2.45, 2.75) is 41.0 Å². The molecular formula is C15H20O2. The van der Waals surface area contributed by atoms with E-state index in [0.29, 0.717) is 6.61 Å². The molecule has 0 aromatic rings. The highest BCUT2D eigenvalue weighted by Crippen LogP contribution is 2.46. The number of ether oxygens (including phenoxy) is 1. The number of hydrogen-bond acceptors (Lipinski definition) is 2. The molecule has 1 rings (SSSR count). The van der Waals surface area contributed by atoms with E-state index in [1.807, 2.05) is 0 Å². The van der Waals surface area contributed by atoms with Crippen LogP contribution in [0.1, 0.15) is 41.0 Å². The van der Waals surface area contributed by atoms with E-state index in [2.05, 4.69) is 40.5 Å². The second-order valence-corrected chi connectivity index (χ2v) is 4.87. The van der Waals surface area contributed by atoms with Gasteiger partial charge in [-0.15, -0.1) is 6.42 Å². The Bertz CT molecular complexity index is 420. The van der Waals surface area contributed by atoms with Crippen LogP contribution in [0.25, 0.3) is 0 Å². The second kappa shape index (κ2) is 4.79. The van der Waals surface area contributed by atoms with Crippen LogP contribution < -0.4 is 0 Å². The first kappa shape index (κ1) is 13.6. The van der Waals surface area contributed by atoms with Gasteiger partial charge in [-0.05, 0) is 45.8 Å². The first-order valence-electron chi connectivity index (χ1n) is 5.80. The Hall–Kier alpha value is -1.49. The van der Waals surface area contributed by atoms with Crippen LogP contribution in [0.3, 0.4) is 0 Å². The van der Waals surface area contributed by atoms with Gasteiger partial charge in [0, 0.05) is 5.41 Å². The molecule has 0 radical (unpaired) electrons. The van der Waals surface area contributed by atoms with Crippen molar-refractivity contribution in [1.29, 1.82) is 0 Å². The minimum absolute atomic E-state index is 0.0412. The number of allylic oxidation sites excluding steroid dienone is 2. The molecule has 0 atom stereocenters. The monoisotopic (exact) mass is 232 g/mol. The molecule has 17 heavy (non-hydrogen) atoms. The van der Waals surface area contributed by atoms with Gasteiger partial charge in [0.05, 0.1) is 0 Å². The third-order valence-electron chi connectivity index (χ3n) is 4.11. The molecule has 1 aliphatic rings. The maximum atomic E-state index is 11.3. The Labute approximate surface area is 104 Å². The molecule has 0 aromatic carbocycles. The minimum Gasteiger partial charge on any atom is -0.464 e. The highest BCUT2D eigenvalue weighted by atomic mass is 16.5. The molecule has 2 heteroatoms. The Morgan fingerprint density at radius 2 is 1.71 bits per heavy atom. The summed E-state index contributed by atoms with van der Waals surface area (Å²) < 4.78 is 5.26. The zero-order valence-corrected chi connectivity index (χ0v) is 11.3. The highest BCUT2D eigenvalue weighted by Gasteiger charge is 2.37. The maximum absolute atomic E-state index is 11.3. The summed E-state index contributed by atoms with van der Waals surface area (Å²) in [6, 6.07) is 0. The Morgan fingerprint density at radius 3 is 2.12 bits per heavy atom. The molecule has 0 fully saturated rings. The predicted molar refractivity (Wildman–Crippen MR) is 69.3 cm³/mol. The highest BCUT2D eigenvalue weighted by molar-refractivity contribution is 5.72. The van der Waals surface area contributed by atoms with E-state index >= 15 is 0 Å². The normalized spacial score (nSPS) is 18.4. The quantitative estimate of drug-likeness (QED) is 0.551. The van der Waals surface area contributed by atoms with E-state index in [1.54, 1.807) is 0 Å². The van der Waals surface area contributed by atoms with Crippen molar-refractivity contribution in [1.82, 2.24) is 0 Å². The van der Waals surface area contributed by atoms with Gasteiger partial charge in [0.25, 0.3) is 0 Å². The van der Waals surface area contributed by atoms with Crippen LogP contribution >= 0.6 is 0 Å². The molecule has 0 saturated carbocycles. The van der Waals surface area contributed by atoms with Crippen molar-refractivity contribution in [3.8, 4) is 12.3 Å². The first-order chi connectivity index (χ1) is 7.84. The summed E-state index contributed by atoms with van der Waals surface area (Å²) in [5, 5.41) is 0. The van der Waals surface area contributed by atoms with Crippen molar-refractivity contribution in [2.75, 3.05) is 6.61 Å². The molecule has 92 valence electrons. The summed E-state index contributed by atoms with van der Waals surface area (Å²) in [6.07, 6.45) is 5.12. The molecule has 1 aliphatic carbocycles. The van der Waals surface area contributed by atoms with Gasteiger partial charge in [0.1, 0.15) is 13.0 Å². The first-order valence-corrected chi connectivity index (χ1v) is 5.80. The van der Waals surface area contributed by atoms with E-state index in [4.69, 9.17) is 11.2 Å². The summed E-state index contributed by atoms with van der Waals surface area (Å²) in [4.78, 5) is 11.3. The van der Waals surface area contributed by atoms with Crippen molar-refractivity contribution >= 4 is 5.97 Å². The molecule has 0 spiro atoms. The van der Waals surface area contributed by atoms with E-state index in [-0.39, 0.29) is 17.8 Å². The van der Waals surface area contributed by atoms with Gasteiger partial charge in [0.15, 0.2) is 0 Å². The minimum atomic E-state index is -0.323. The van der Waals surface area contributed by atoms with Crippen molar-refractivity contribution in [3.05, 3.63) is 22.3 Å². The van der Waals surface area contributed by atoms with Crippen LogP contribution in [0.2, 0.25) is 0 Å². The van der Waals surface area contributed by atoms with Crippen molar-refractivity contribution < 1.29 is 9.53 Å². The van der Waals surface area contributed by atoms with Crippen LogP contribution in [-0.4, -0.2) is 12.6 Å². The number of carbonyl (C=O) groups excluding carboxylic acids is 1. The Morgan fingerprint density at radius 1 is 1.24 bits per heavy atom. The third-order valence-corrected chi connectivity index (χ3v) is 4.11. The van der Waals surface area contributed by atoms with Gasteiger partial charge in [-0.25, -0.2) is 0 Å². The number of rotatable bonds is 3. The van der Waals surface area contributed by atoms with Crippen LogP contribution in [-0.2, 0) is 9.53 Å². The summed E-state index contributed by atoms with van der Waals surface area (Å²) >= 11 is 0. The lowest BCUT2D eigenvalue weighted by Crippen LogP contribution is -2.26. The fourth-order valence-corrected chi connectivity index (χ4v) is 2.25. The predicted octanol–water partition coefficient (Wildman–Crippen LogP) is 3.25. The topological polar surface area (TPSA) is 26.3 Å². The molecule has 0 bridgehead atoms. The van der Waals surface area contributed by atoms with Gasteiger partial charge in [0.2, 0.25) is 0 Å². The van der Waals surface area contributed by atoms with Gasteiger partial charge in [-0.1, -0.05) is 17.1 Å². The summed E-state index contributed by atoms with van der Waals surface area (Å²) in [7, 11) is 0. The van der Waals surface area contributed by atoms with Crippen LogP contribution in [0.5, 0.6) is 0 Å². The molecule has 0 amide bonds. The maximum Gasteiger partial charge on any atom is 0.317 e. The smallest absolute Gasteiger partial charge is 0.317 e. The number of terminal acetylenes is 1. The molecule has 0 aliphatic heterocycles. The zero-order valence-electron chi connectivity index (χ0n) is 11.3. The van der Waals surface area contributed by atoms with E-state index in [9.17, 15) is 4.79 Å². The fourth-order valence-electron chi connectivity index (χ4n) is 2.25. The SMILES string of the molecule is C#CCC(=O)OCC1(C)C(C)=C(C)C(C)=C1C. The van der Waals surface area contributed by atoms with Crippen LogP contribution in [0.4, 0.5) is 0 Å². The molecule has 0 unspecified atom stereocenters. The van der Waals surface area contributed by atoms with Crippen LogP contribution in [0, 0.1) is 17.8 Å². The molecule has 0 saturated heterocycles. The van der Waals surface area contributed by atoms with Gasteiger partial charge >= 0.3 is 5.97 Å². The largest absolute Gasteiger partial charge is 0.464 e. The molecular weight excluding hydrogens is 212 g/mol. The fraction of sp³-hybridized carbons (Fsp3) is 0.533. The summed E-state index contributed by atoms with van der Waals surface area (Å²) in [6.45, 7) is 10.9.